The number of nitrogens with zero attached hydrogens (tertiary/aromatic N) is 5. The highest BCUT2D eigenvalue weighted by Gasteiger charge is 2.56. The van der Waals surface area contributed by atoms with E-state index in [9.17, 15) is 8.78 Å². The number of alkyl halides is 2. The molecule has 0 radical (unpaired) electrons. The summed E-state index contributed by atoms with van der Waals surface area (Å²) >= 11 is 0. The van der Waals surface area contributed by atoms with Crippen LogP contribution in [-0.4, -0.2) is 47.6 Å². The van der Waals surface area contributed by atoms with Crippen LogP contribution in [0, 0.1) is 6.92 Å². The van der Waals surface area contributed by atoms with E-state index in [4.69, 9.17) is 9.84 Å². The lowest BCUT2D eigenvalue weighted by molar-refractivity contribution is -0.115. The van der Waals surface area contributed by atoms with Gasteiger partial charge in [-0.05, 0) is 58.9 Å². The molecule has 0 aromatic carbocycles. The van der Waals surface area contributed by atoms with Crippen molar-refractivity contribution in [2.24, 2.45) is 0 Å². The third kappa shape index (κ3) is 3.61. The fourth-order valence-electron chi connectivity index (χ4n) is 5.76. The Morgan fingerprint density at radius 1 is 1.18 bits per heavy atom. The van der Waals surface area contributed by atoms with Gasteiger partial charge in [0.05, 0.1) is 24.0 Å². The van der Waals surface area contributed by atoms with Crippen LogP contribution in [0.5, 0.6) is 0 Å². The highest BCUT2D eigenvalue weighted by atomic mass is 19.3. The van der Waals surface area contributed by atoms with Gasteiger partial charge < -0.3 is 14.5 Å². The number of pyridine rings is 1. The SMILES string of the molecule is C/C=C\c1c(N(CC)CC)cc(N2CCC3(CC2)OCC2(CC2)n2ncc(C)c23)nc1C(F)F. The maximum absolute atomic E-state index is 14.1. The van der Waals surface area contributed by atoms with Gasteiger partial charge in [-0.25, -0.2) is 13.8 Å². The van der Waals surface area contributed by atoms with Crippen molar-refractivity contribution in [1.82, 2.24) is 14.8 Å². The Morgan fingerprint density at radius 3 is 2.47 bits per heavy atom. The summed E-state index contributed by atoms with van der Waals surface area (Å²) in [5.41, 5.74) is 3.28. The zero-order valence-corrected chi connectivity index (χ0v) is 20.7. The predicted molar refractivity (Wildman–Crippen MR) is 131 cm³/mol. The molecule has 0 amide bonds. The van der Waals surface area contributed by atoms with Gasteiger partial charge in [0.25, 0.3) is 6.43 Å². The van der Waals surface area contributed by atoms with Gasteiger partial charge in [0.15, 0.2) is 0 Å². The van der Waals surface area contributed by atoms with E-state index < -0.39 is 6.43 Å². The standard InChI is InChI=1S/C26H35F2N5O/c1-5-8-19-20(31(6-2)7-3)15-21(30-22(19)24(27)28)32-13-11-26(12-14-32)23-18(4)16-29-33(23)25(9-10-25)17-34-26/h5,8,15-16,24H,6-7,9-14,17H2,1-4H3/b8-5-. The fraction of sp³-hybridized carbons (Fsp3) is 0.615. The van der Waals surface area contributed by atoms with Gasteiger partial charge in [-0.15, -0.1) is 0 Å². The lowest BCUT2D eigenvalue weighted by Crippen LogP contribution is -2.51. The number of aromatic nitrogens is 3. The summed E-state index contributed by atoms with van der Waals surface area (Å²) in [4.78, 5) is 8.75. The van der Waals surface area contributed by atoms with Crippen LogP contribution in [-0.2, 0) is 15.9 Å². The van der Waals surface area contributed by atoms with Gasteiger partial charge in [0.2, 0.25) is 0 Å². The lowest BCUT2D eigenvalue weighted by Gasteiger charge is -2.47. The third-order valence-corrected chi connectivity index (χ3v) is 7.87. The highest BCUT2D eigenvalue weighted by molar-refractivity contribution is 5.73. The van der Waals surface area contributed by atoms with Crippen LogP contribution in [0.15, 0.2) is 18.3 Å². The number of allylic oxidation sites excluding steroid dienone is 1. The Morgan fingerprint density at radius 2 is 1.88 bits per heavy atom. The second-order valence-corrected chi connectivity index (χ2v) is 9.85. The van der Waals surface area contributed by atoms with Crippen LogP contribution in [0.4, 0.5) is 20.3 Å². The molecule has 0 bridgehead atoms. The van der Waals surface area contributed by atoms with Crippen LogP contribution in [0.1, 0.15) is 75.4 Å². The van der Waals surface area contributed by atoms with Gasteiger partial charge in [0, 0.05) is 43.5 Å². The van der Waals surface area contributed by atoms with E-state index in [1.165, 1.54) is 11.3 Å². The van der Waals surface area contributed by atoms with E-state index >= 15 is 0 Å². The summed E-state index contributed by atoms with van der Waals surface area (Å²) in [6.07, 6.45) is 6.71. The van der Waals surface area contributed by atoms with Gasteiger partial charge in [-0.2, -0.15) is 5.10 Å². The minimum atomic E-state index is -2.63. The number of rotatable bonds is 6. The number of aryl methyl sites for hydroxylation is 1. The first kappa shape index (κ1) is 23.3. The fourth-order valence-corrected chi connectivity index (χ4v) is 5.76. The molecule has 2 fully saturated rings. The van der Waals surface area contributed by atoms with Gasteiger partial charge >= 0.3 is 0 Å². The molecule has 0 atom stereocenters. The summed E-state index contributed by atoms with van der Waals surface area (Å²) in [6.45, 7) is 11.7. The molecule has 34 heavy (non-hydrogen) atoms. The van der Waals surface area contributed by atoms with Crippen LogP contribution < -0.4 is 9.80 Å². The molecule has 2 aromatic heterocycles. The van der Waals surface area contributed by atoms with Crippen LogP contribution in [0.2, 0.25) is 0 Å². The molecule has 0 unspecified atom stereocenters. The molecule has 1 aliphatic carbocycles. The minimum absolute atomic E-state index is 0.0565. The zero-order valence-electron chi connectivity index (χ0n) is 20.7. The van der Waals surface area contributed by atoms with Crippen molar-refractivity contribution in [1.29, 1.82) is 0 Å². The summed E-state index contributed by atoms with van der Waals surface area (Å²) in [5, 5.41) is 4.72. The first-order chi connectivity index (χ1) is 16.4. The van der Waals surface area contributed by atoms with E-state index in [1.54, 1.807) is 12.2 Å². The van der Waals surface area contributed by atoms with Crippen molar-refractivity contribution in [2.75, 3.05) is 42.6 Å². The number of halogens is 2. The molecule has 5 rings (SSSR count). The molecule has 2 aliphatic heterocycles. The molecule has 184 valence electrons. The third-order valence-electron chi connectivity index (χ3n) is 7.87. The molecule has 1 saturated heterocycles. The summed E-state index contributed by atoms with van der Waals surface area (Å²) < 4.78 is 37.1. The average Bonchev–Trinajstić information content (AvgIpc) is 3.51. The number of piperidine rings is 1. The van der Waals surface area contributed by atoms with Crippen LogP contribution >= 0.6 is 0 Å². The summed E-state index contributed by atoms with van der Waals surface area (Å²) in [5.74, 6) is 0.625. The van der Waals surface area contributed by atoms with Crippen molar-refractivity contribution >= 4 is 17.6 Å². The van der Waals surface area contributed by atoms with E-state index in [1.807, 2.05) is 33.0 Å². The second-order valence-electron chi connectivity index (χ2n) is 9.85. The van der Waals surface area contributed by atoms with Crippen molar-refractivity contribution in [3.63, 3.8) is 0 Å². The van der Waals surface area contributed by atoms with Crippen LogP contribution in [0.25, 0.3) is 6.08 Å². The normalized spacial score (nSPS) is 20.5. The zero-order chi connectivity index (χ0) is 24.1. The van der Waals surface area contributed by atoms with Crippen molar-refractivity contribution in [3.05, 3.63) is 40.9 Å². The van der Waals surface area contributed by atoms with Gasteiger partial charge in [-0.1, -0.05) is 12.2 Å². The molecule has 0 N–H and O–H groups in total. The Kier molecular flexibility index (Phi) is 5.91. The van der Waals surface area contributed by atoms with Gasteiger partial charge in [-0.3, -0.25) is 4.68 Å². The quantitative estimate of drug-likeness (QED) is 0.563. The predicted octanol–water partition coefficient (Wildman–Crippen LogP) is 5.42. The molecular weight excluding hydrogens is 436 g/mol. The van der Waals surface area contributed by atoms with E-state index in [2.05, 4.69) is 26.4 Å². The van der Waals surface area contributed by atoms with E-state index in [0.717, 1.165) is 44.5 Å². The Hall–Kier alpha value is -2.48. The number of anilines is 2. The summed E-state index contributed by atoms with van der Waals surface area (Å²) in [6, 6.07) is 1.99. The molecule has 2 aromatic rings. The molecule has 6 nitrogen and oxygen atoms in total. The Labute approximate surface area is 200 Å². The minimum Gasteiger partial charge on any atom is -0.371 e. The molecule has 2 spiro atoms. The number of fused-ring (bicyclic) bond motifs is 3. The van der Waals surface area contributed by atoms with Gasteiger partial charge in [0.1, 0.15) is 17.1 Å². The number of ether oxygens (including phenoxy) is 1. The Balaban J connectivity index is 1.47. The monoisotopic (exact) mass is 471 g/mol. The van der Waals surface area contributed by atoms with Crippen molar-refractivity contribution < 1.29 is 13.5 Å². The van der Waals surface area contributed by atoms with Crippen molar-refractivity contribution in [3.8, 4) is 0 Å². The smallest absolute Gasteiger partial charge is 0.281 e. The maximum atomic E-state index is 14.1. The number of hydrogen-bond donors (Lipinski definition) is 0. The van der Waals surface area contributed by atoms with E-state index in [-0.39, 0.29) is 16.8 Å². The molecular formula is C26H35F2N5O. The van der Waals surface area contributed by atoms with Crippen molar-refractivity contribution in [2.45, 2.75) is 70.9 Å². The van der Waals surface area contributed by atoms with E-state index in [0.29, 0.717) is 31.1 Å². The second kappa shape index (κ2) is 8.63. The average molecular weight is 472 g/mol. The lowest BCUT2D eigenvalue weighted by atomic mass is 9.84. The maximum Gasteiger partial charge on any atom is 0.281 e. The molecule has 3 aliphatic rings. The first-order valence-electron chi connectivity index (χ1n) is 12.5. The Bertz CT molecular complexity index is 1080. The first-order valence-corrected chi connectivity index (χ1v) is 12.5. The number of hydrogen-bond acceptors (Lipinski definition) is 5. The largest absolute Gasteiger partial charge is 0.371 e. The summed E-state index contributed by atoms with van der Waals surface area (Å²) in [7, 11) is 0. The van der Waals surface area contributed by atoms with Crippen LogP contribution in [0.3, 0.4) is 0 Å². The molecule has 1 saturated carbocycles. The molecule has 8 heteroatoms. The molecule has 4 heterocycles. The highest BCUT2D eigenvalue weighted by Crippen LogP contribution is 2.53. The topological polar surface area (TPSA) is 46.4 Å².